The number of hydrogen-bond donors (Lipinski definition) is 2. The lowest BCUT2D eigenvalue weighted by atomic mass is 10.1. The van der Waals surface area contributed by atoms with Crippen LogP contribution in [0.1, 0.15) is 159 Å². The first-order valence-electron chi connectivity index (χ1n) is 34.7. The predicted molar refractivity (Wildman–Crippen MR) is 386 cm³/mol. The van der Waals surface area contributed by atoms with E-state index >= 15 is 0 Å². The molecule has 6 bridgehead atoms. The number of aliphatic imine (C=N–C) groups is 4. The standard InChI is InChI=1S/C70H98N10O9S2Si3/c1-9-12-25-44-79(42-13-10-2,45-26-15-16-33-54(4)81)48-31-52-92(5,6)88-94(89-93(7,8)53-32-49-80(43-14-11-3,46-27-29-50-90(82,83)84)47-28-30-51-91(85,86)87)77-67-59-38-21-22-39-60(59)69(77)75-65-57-36-19-20-37-58(57)66(72-65)76-70-62-41-24-23-40-61(62)68(78(70)94)74-64-56-35-18-17-34-55(56)63(71-64)73-67/h17-24,34-41H,9-16,25-33,42-53H2,1-8H3/p+2. The number of unbranched alkanes of at least 4 members (excludes halogenated alkanes) is 8. The van der Waals surface area contributed by atoms with Gasteiger partial charge in [-0.3, -0.25) is 17.6 Å². The van der Waals surface area contributed by atoms with Crippen molar-refractivity contribution in [2.75, 3.05) is 63.9 Å². The number of hydrogen-bond acceptors (Lipinski definition) is 13. The number of benzene rings is 4. The van der Waals surface area contributed by atoms with Gasteiger partial charge in [0, 0.05) is 50.2 Å². The van der Waals surface area contributed by atoms with Crippen LogP contribution in [0, 0.1) is 0 Å². The number of carbonyl (C=O) groups is 1. The average Bonchev–Trinajstić information content (AvgIpc) is 1.53. The average molecular weight is 1370 g/mol. The number of rotatable bonds is 38. The molecule has 0 saturated heterocycles. The lowest BCUT2D eigenvalue weighted by Gasteiger charge is -2.44. The molecule has 0 aliphatic carbocycles. The lowest BCUT2D eigenvalue weighted by molar-refractivity contribution is -0.929. The van der Waals surface area contributed by atoms with E-state index in [2.05, 4.69) is 104 Å². The number of carbonyl (C=O) groups excluding carboxylic acids is 1. The summed E-state index contributed by atoms with van der Waals surface area (Å²) in [6.45, 7) is 24.8. The van der Waals surface area contributed by atoms with Crippen LogP contribution < -0.4 is 11.0 Å². The van der Waals surface area contributed by atoms with Gasteiger partial charge in [0.15, 0.2) is 40.0 Å². The number of fused-ring (bicyclic) bond motifs is 14. The van der Waals surface area contributed by atoms with E-state index in [4.69, 9.17) is 38.2 Å². The Hall–Kier alpha value is -5.78. The first kappa shape index (κ1) is 71.0. The maximum absolute atomic E-state index is 12.1. The summed E-state index contributed by atoms with van der Waals surface area (Å²) in [5, 5.41) is 3.38. The molecule has 10 rings (SSSR count). The summed E-state index contributed by atoms with van der Waals surface area (Å²) in [6.07, 6.45) is 14.5. The van der Waals surface area contributed by atoms with Gasteiger partial charge in [-0.2, -0.15) is 16.8 Å². The van der Waals surface area contributed by atoms with Crippen LogP contribution in [0.5, 0.6) is 0 Å². The molecule has 0 radical (unpaired) electrons. The van der Waals surface area contributed by atoms with Crippen LogP contribution in [0.25, 0.3) is 21.5 Å². The third kappa shape index (κ3) is 16.8. The molecular weight excluding hydrogens is 1270 g/mol. The van der Waals surface area contributed by atoms with E-state index in [0.29, 0.717) is 102 Å². The Morgan fingerprint density at radius 1 is 0.436 bits per heavy atom. The van der Waals surface area contributed by atoms with E-state index in [1.807, 2.05) is 48.5 Å². The first-order valence-corrected chi connectivity index (χ1v) is 45.8. The highest BCUT2D eigenvalue weighted by molar-refractivity contribution is 7.86. The van der Waals surface area contributed by atoms with Gasteiger partial charge in [0.05, 0.1) is 63.9 Å². The van der Waals surface area contributed by atoms with Crippen LogP contribution in [0.4, 0.5) is 11.6 Å². The Kier molecular flexibility index (Phi) is 22.9. The molecule has 19 nitrogen and oxygen atoms in total. The molecular formula is C70H100N10O9S2Si3+2. The van der Waals surface area contributed by atoms with Crippen molar-refractivity contribution in [1.82, 2.24) is 8.47 Å². The molecule has 506 valence electrons. The molecule has 6 heterocycles. The molecule has 0 saturated carbocycles. The normalized spacial score (nSPS) is 16.8. The van der Waals surface area contributed by atoms with Crippen LogP contribution >= 0.6 is 0 Å². The molecule has 0 spiro atoms. The topological polar surface area (TPSA) is 228 Å². The lowest BCUT2D eigenvalue weighted by Crippen LogP contribution is -2.70. The van der Waals surface area contributed by atoms with Gasteiger partial charge in [0.25, 0.3) is 20.2 Å². The zero-order valence-electron chi connectivity index (χ0n) is 56.8. The fourth-order valence-electron chi connectivity index (χ4n) is 14.6. The quantitative estimate of drug-likeness (QED) is 0.0162. The SMILES string of the molecule is CCCCC[N+](CCCC)(CCCCCC(C)=O)CCC[Si](C)(C)O[Si]1(O[Si](C)(C)CCC[N+](CCCC)(CCCCS(=O)(=O)O)CCCCS(=O)(=O)O)n2c3c4ccccc4c2N=C2N=C(N=c4c5ccccc5c(n41)=NC1=NC(=N3)c3ccccc31)c1ccccc12. The predicted octanol–water partition coefficient (Wildman–Crippen LogP) is 13.5. The number of amidine groups is 4. The van der Waals surface area contributed by atoms with Crippen molar-refractivity contribution in [3.05, 3.63) is 130 Å². The second-order valence-corrected chi connectivity index (χ2v) is 42.8. The smallest absolute Gasteiger partial charge is 0.404 e. The van der Waals surface area contributed by atoms with Crippen LogP contribution in [0.15, 0.2) is 127 Å². The summed E-state index contributed by atoms with van der Waals surface area (Å²) in [5.74, 6) is 2.83. The van der Waals surface area contributed by atoms with Crippen molar-refractivity contribution < 1.29 is 47.9 Å². The van der Waals surface area contributed by atoms with Crippen molar-refractivity contribution in [2.24, 2.45) is 30.0 Å². The second-order valence-electron chi connectivity index (χ2n) is 28.0. The number of quaternary nitrogens is 2. The molecule has 2 N–H and O–H groups in total. The van der Waals surface area contributed by atoms with Crippen LogP contribution in [0.3, 0.4) is 0 Å². The van der Waals surface area contributed by atoms with E-state index in [1.54, 1.807) is 6.92 Å². The zero-order valence-corrected chi connectivity index (χ0v) is 61.4. The Morgan fingerprint density at radius 3 is 1.16 bits per heavy atom. The highest BCUT2D eigenvalue weighted by atomic mass is 32.2. The number of Topliss-reactive ketones (excluding diaryl/α,β-unsaturated/α-hetero) is 1. The third-order valence-electron chi connectivity index (χ3n) is 19.4. The fraction of sp³-hybridized carbons (Fsp3) is 0.529. The molecule has 2 unspecified atom stereocenters. The molecule has 4 aliphatic heterocycles. The Balaban J connectivity index is 1.20. The highest BCUT2D eigenvalue weighted by Crippen LogP contribution is 2.45. The Bertz CT molecular complexity index is 4040. The van der Waals surface area contributed by atoms with E-state index in [9.17, 15) is 30.7 Å². The molecule has 0 amide bonds. The minimum Gasteiger partial charge on any atom is -0.404 e. The summed E-state index contributed by atoms with van der Waals surface area (Å²) >= 11 is 0. The van der Waals surface area contributed by atoms with E-state index in [0.717, 1.165) is 151 Å². The Morgan fingerprint density at radius 2 is 0.777 bits per heavy atom. The molecule has 2 atom stereocenters. The molecule has 94 heavy (non-hydrogen) atoms. The molecule has 6 aromatic rings. The molecule has 0 fully saturated rings. The first-order chi connectivity index (χ1) is 44.9. The summed E-state index contributed by atoms with van der Waals surface area (Å²) in [5.41, 5.74) is 4.60. The maximum atomic E-state index is 12.1. The summed E-state index contributed by atoms with van der Waals surface area (Å²) < 4.78 is 91.4. The fourth-order valence-corrected chi connectivity index (χ4v) is 28.3. The van der Waals surface area contributed by atoms with Crippen molar-refractivity contribution >= 4 is 108 Å². The summed E-state index contributed by atoms with van der Waals surface area (Å²) in [6, 6.07) is 34.4. The largest absolute Gasteiger partial charge is 0.582 e. The van der Waals surface area contributed by atoms with Crippen molar-refractivity contribution in [3.63, 3.8) is 0 Å². The monoisotopic (exact) mass is 1370 g/mol. The molecule has 2 aromatic heterocycles. The minimum absolute atomic E-state index is 0.251. The number of nitrogens with zero attached hydrogens (tertiary/aromatic N) is 10. The van der Waals surface area contributed by atoms with Crippen LogP contribution in [-0.4, -0.2) is 162 Å². The summed E-state index contributed by atoms with van der Waals surface area (Å²) in [7, 11) is -19.2. The van der Waals surface area contributed by atoms with Gasteiger partial charge in [0.1, 0.15) is 28.4 Å². The third-order valence-corrected chi connectivity index (χ3v) is 32.6. The van der Waals surface area contributed by atoms with Gasteiger partial charge >= 0.3 is 8.88 Å². The molecule has 4 aromatic carbocycles. The van der Waals surface area contributed by atoms with Gasteiger partial charge in [0.2, 0.25) is 0 Å². The van der Waals surface area contributed by atoms with Gasteiger partial charge in [-0.05, 0) is 129 Å². The number of ketones is 1. The summed E-state index contributed by atoms with van der Waals surface area (Å²) in [4.78, 5) is 45.9. The molecule has 24 heteroatoms. The zero-order chi connectivity index (χ0) is 66.9. The maximum Gasteiger partial charge on any atom is 0.582 e. The highest BCUT2D eigenvalue weighted by Gasteiger charge is 2.58. The minimum atomic E-state index is -4.62. The van der Waals surface area contributed by atoms with E-state index < -0.39 is 45.8 Å². The van der Waals surface area contributed by atoms with E-state index in [1.165, 1.54) is 6.42 Å². The molecule has 4 aliphatic rings. The Labute approximate surface area is 560 Å². The van der Waals surface area contributed by atoms with Gasteiger partial charge in [-0.15, -0.1) is 0 Å². The second kappa shape index (κ2) is 30.3. The van der Waals surface area contributed by atoms with Crippen LogP contribution in [0.2, 0.25) is 38.3 Å². The van der Waals surface area contributed by atoms with E-state index in [-0.39, 0.29) is 30.1 Å². The van der Waals surface area contributed by atoms with Gasteiger partial charge < -0.3 is 22.0 Å². The van der Waals surface area contributed by atoms with Crippen LogP contribution in [-0.2, 0) is 33.3 Å². The van der Waals surface area contributed by atoms with Gasteiger partial charge in [-0.1, -0.05) is 137 Å². The van der Waals surface area contributed by atoms with Crippen molar-refractivity contribution in [2.45, 2.75) is 175 Å². The van der Waals surface area contributed by atoms with Crippen molar-refractivity contribution in [1.29, 1.82) is 0 Å². The number of aromatic nitrogens is 2. The van der Waals surface area contributed by atoms with Gasteiger partial charge in [-0.25, -0.2) is 30.0 Å². The van der Waals surface area contributed by atoms with Crippen molar-refractivity contribution in [3.8, 4) is 0 Å².